The van der Waals surface area contributed by atoms with Gasteiger partial charge >= 0.3 is 0 Å². The minimum atomic E-state index is 0.178. The first-order chi connectivity index (χ1) is 28.5. The third kappa shape index (κ3) is 5.71. The van der Waals surface area contributed by atoms with Crippen molar-refractivity contribution in [2.45, 2.75) is 98.6 Å². The van der Waals surface area contributed by atoms with Crippen LogP contribution in [0.4, 0.5) is 0 Å². The van der Waals surface area contributed by atoms with Crippen molar-refractivity contribution in [3.63, 3.8) is 0 Å². The quantitative estimate of drug-likeness (QED) is 0.155. The molecule has 9 aromatic rings. The monoisotopic (exact) mass is 800 g/mol. The summed E-state index contributed by atoms with van der Waals surface area (Å²) in [6.45, 7) is 18.5. The summed E-state index contributed by atoms with van der Waals surface area (Å²) in [4.78, 5) is 5.43. The molecule has 0 aliphatic carbocycles. The van der Waals surface area contributed by atoms with Gasteiger partial charge in [0, 0.05) is 52.5 Å². The van der Waals surface area contributed by atoms with E-state index >= 15 is 0 Å². The van der Waals surface area contributed by atoms with Crippen LogP contribution in [0.25, 0.3) is 55.0 Å². The summed E-state index contributed by atoms with van der Waals surface area (Å²) in [5, 5.41) is 5.36. The second-order valence-corrected chi connectivity index (χ2v) is 20.3. The molecule has 11 rings (SSSR count). The molecule has 0 saturated heterocycles. The lowest BCUT2D eigenvalue weighted by Crippen LogP contribution is -2.58. The molecule has 0 radical (unpaired) electrons. The Morgan fingerprint density at radius 1 is 0.373 bits per heavy atom. The van der Waals surface area contributed by atoms with Crippen molar-refractivity contribution in [2.75, 3.05) is 0 Å². The Bertz CT molecular complexity index is 2860. The van der Waals surface area contributed by atoms with Gasteiger partial charge in [-0.05, 0) is 136 Å². The molecule has 290 valence electrons. The molecule has 0 spiro atoms. The van der Waals surface area contributed by atoms with Crippen LogP contribution in [0.1, 0.15) is 101 Å². The molecule has 5 heteroatoms. The van der Waals surface area contributed by atoms with Crippen molar-refractivity contribution >= 4 is 90.2 Å². The summed E-state index contributed by atoms with van der Waals surface area (Å²) in [6, 6.07) is 49.9. The van der Waals surface area contributed by atoms with Gasteiger partial charge in [0.2, 0.25) is 6.71 Å². The van der Waals surface area contributed by atoms with E-state index in [-0.39, 0.29) is 6.71 Å². The fourth-order valence-corrected chi connectivity index (χ4v) is 12.3. The topological polar surface area (TPSA) is 9.86 Å². The molecule has 2 aliphatic heterocycles. The normalized spacial score (nSPS) is 13.5. The number of hydrogen-bond donors (Lipinski definition) is 0. The second-order valence-electron chi connectivity index (χ2n) is 18.1. The van der Waals surface area contributed by atoms with Crippen LogP contribution in [0.5, 0.6) is 0 Å². The van der Waals surface area contributed by atoms with Gasteiger partial charge in [-0.1, -0.05) is 132 Å². The number of aromatic nitrogens is 2. The maximum atomic E-state index is 2.50. The maximum absolute atomic E-state index is 2.50. The average Bonchev–Trinajstić information content (AvgIpc) is 3.74. The Kier molecular flexibility index (Phi) is 8.59. The van der Waals surface area contributed by atoms with E-state index < -0.39 is 0 Å². The van der Waals surface area contributed by atoms with Crippen molar-refractivity contribution in [1.29, 1.82) is 0 Å². The van der Waals surface area contributed by atoms with Gasteiger partial charge in [0.15, 0.2) is 0 Å². The molecule has 2 nitrogen and oxygen atoms in total. The standard InChI is InChI=1S/C54H49BN2S2/c1-30(2)34-12-20-46-40(24-34)41-25-35(31(3)4)13-21-47(41)56(46)38-16-18-44-52(28-38)58-50-10-9-11-51-54(50)55(44)45-19-17-39(29-53(45)59-51)57-48-22-14-36(32(5)6)26-42(48)43-27-37(33(7)8)15-23-49(43)57/h9-33H,1-8H3. The summed E-state index contributed by atoms with van der Waals surface area (Å²) < 4.78 is 5.01. The fourth-order valence-electron chi connectivity index (χ4n) is 9.79. The molecule has 0 atom stereocenters. The van der Waals surface area contributed by atoms with E-state index in [4.69, 9.17) is 0 Å². The van der Waals surface area contributed by atoms with E-state index in [0.29, 0.717) is 23.7 Å². The zero-order chi connectivity index (χ0) is 40.4. The Morgan fingerprint density at radius 2 is 0.712 bits per heavy atom. The fraction of sp³-hybridized carbons (Fsp3) is 0.222. The Hall–Kier alpha value is -5.10. The molecule has 59 heavy (non-hydrogen) atoms. The first kappa shape index (κ1) is 36.9. The third-order valence-corrected chi connectivity index (χ3v) is 15.5. The number of rotatable bonds is 6. The molecular formula is C54H49BN2S2. The highest BCUT2D eigenvalue weighted by molar-refractivity contribution is 8.01. The number of nitrogens with zero attached hydrogens (tertiary/aromatic N) is 2. The van der Waals surface area contributed by atoms with E-state index in [9.17, 15) is 0 Å². The summed E-state index contributed by atoms with van der Waals surface area (Å²) >= 11 is 3.88. The minimum Gasteiger partial charge on any atom is -0.309 e. The van der Waals surface area contributed by atoms with E-state index in [1.807, 2.05) is 23.5 Å². The molecule has 0 unspecified atom stereocenters. The van der Waals surface area contributed by atoms with Crippen LogP contribution in [-0.4, -0.2) is 15.8 Å². The van der Waals surface area contributed by atoms with Crippen LogP contribution in [0.3, 0.4) is 0 Å². The Morgan fingerprint density at radius 3 is 1.03 bits per heavy atom. The van der Waals surface area contributed by atoms with Crippen LogP contribution >= 0.6 is 23.5 Å². The van der Waals surface area contributed by atoms with Gasteiger partial charge in [-0.3, -0.25) is 0 Å². The molecule has 0 N–H and O–H groups in total. The van der Waals surface area contributed by atoms with Crippen molar-refractivity contribution in [3.8, 4) is 11.4 Å². The summed E-state index contributed by atoms with van der Waals surface area (Å²) in [5.74, 6) is 1.89. The van der Waals surface area contributed by atoms with Crippen LogP contribution in [0.2, 0.25) is 0 Å². The highest BCUT2D eigenvalue weighted by Crippen LogP contribution is 2.42. The summed E-state index contributed by atoms with van der Waals surface area (Å²) in [5.41, 5.74) is 17.3. The Labute approximate surface area is 357 Å². The van der Waals surface area contributed by atoms with Crippen LogP contribution in [-0.2, 0) is 0 Å². The van der Waals surface area contributed by atoms with Gasteiger partial charge in [-0.15, -0.1) is 0 Å². The maximum Gasteiger partial charge on any atom is 0.247 e. The molecule has 2 aliphatic rings. The van der Waals surface area contributed by atoms with E-state index in [2.05, 4.69) is 192 Å². The van der Waals surface area contributed by atoms with Crippen molar-refractivity contribution in [3.05, 3.63) is 150 Å². The zero-order valence-electron chi connectivity index (χ0n) is 35.2. The highest BCUT2D eigenvalue weighted by atomic mass is 32.2. The highest BCUT2D eigenvalue weighted by Gasteiger charge is 2.38. The molecular weight excluding hydrogens is 752 g/mol. The van der Waals surface area contributed by atoms with Gasteiger partial charge < -0.3 is 9.13 Å². The largest absolute Gasteiger partial charge is 0.309 e. The van der Waals surface area contributed by atoms with Gasteiger partial charge in [-0.2, -0.15) is 0 Å². The molecule has 0 saturated carbocycles. The average molecular weight is 801 g/mol. The first-order valence-corrected chi connectivity index (χ1v) is 23.1. The van der Waals surface area contributed by atoms with Crippen molar-refractivity contribution in [1.82, 2.24) is 9.13 Å². The number of benzene rings is 7. The van der Waals surface area contributed by atoms with Crippen LogP contribution in [0, 0.1) is 0 Å². The van der Waals surface area contributed by atoms with Gasteiger partial charge in [-0.25, -0.2) is 0 Å². The summed E-state index contributed by atoms with van der Waals surface area (Å²) in [6.07, 6.45) is 0. The predicted octanol–water partition coefficient (Wildman–Crippen LogP) is 13.8. The second kappa shape index (κ2) is 13.7. The SMILES string of the molecule is CC(C)c1ccc2c(c1)c1cc(C(C)C)ccc1n2-c1ccc2c(c1)Sc1cccc3c1B2c1ccc(-n2c4ccc(C(C)C)cc4c4cc(C(C)C)ccc42)cc1S3. The minimum absolute atomic E-state index is 0.178. The molecule has 7 aromatic carbocycles. The molecule has 0 amide bonds. The van der Waals surface area contributed by atoms with E-state index in [0.717, 1.165) is 0 Å². The lowest BCUT2D eigenvalue weighted by molar-refractivity contribution is 0.868. The zero-order valence-corrected chi connectivity index (χ0v) is 36.9. The lowest BCUT2D eigenvalue weighted by Gasteiger charge is -2.33. The van der Waals surface area contributed by atoms with Crippen molar-refractivity contribution < 1.29 is 0 Å². The predicted molar refractivity (Wildman–Crippen MR) is 257 cm³/mol. The number of hydrogen-bond acceptors (Lipinski definition) is 2. The van der Waals surface area contributed by atoms with Gasteiger partial charge in [0.05, 0.1) is 22.1 Å². The number of fused-ring (bicyclic) bond motifs is 10. The molecule has 0 fully saturated rings. The van der Waals surface area contributed by atoms with Crippen molar-refractivity contribution in [2.24, 2.45) is 0 Å². The van der Waals surface area contributed by atoms with Gasteiger partial charge in [0.1, 0.15) is 0 Å². The smallest absolute Gasteiger partial charge is 0.247 e. The van der Waals surface area contributed by atoms with Gasteiger partial charge in [0.25, 0.3) is 0 Å². The van der Waals surface area contributed by atoms with E-state index in [1.54, 1.807) is 0 Å². The summed E-state index contributed by atoms with van der Waals surface area (Å²) in [7, 11) is 0. The molecule has 2 aromatic heterocycles. The lowest BCUT2D eigenvalue weighted by atomic mass is 9.36. The molecule has 4 heterocycles. The third-order valence-electron chi connectivity index (χ3n) is 13.2. The van der Waals surface area contributed by atoms with E-state index in [1.165, 1.54) is 113 Å². The van der Waals surface area contributed by atoms with Crippen LogP contribution in [0.15, 0.2) is 147 Å². The molecule has 0 bridgehead atoms. The van der Waals surface area contributed by atoms with Crippen LogP contribution < -0.4 is 16.4 Å². The Balaban J connectivity index is 1.07. The first-order valence-electron chi connectivity index (χ1n) is 21.5.